The summed E-state index contributed by atoms with van der Waals surface area (Å²) >= 11 is 0. The van der Waals surface area contributed by atoms with Crippen LogP contribution in [0.15, 0.2) is 103 Å². The summed E-state index contributed by atoms with van der Waals surface area (Å²) < 4.78 is 0. The summed E-state index contributed by atoms with van der Waals surface area (Å²) in [6.07, 6.45) is 2.20. The van der Waals surface area contributed by atoms with Crippen LogP contribution in [-0.2, 0) is 6.54 Å². The minimum Gasteiger partial charge on any atom is -1.00 e. The highest BCUT2D eigenvalue weighted by atomic mass is 35.5. The zero-order valence-corrected chi connectivity index (χ0v) is 21.7. The summed E-state index contributed by atoms with van der Waals surface area (Å²) in [5.74, 6) is 0. The molecule has 0 aliphatic carbocycles. The molecule has 0 aliphatic heterocycles. The van der Waals surface area contributed by atoms with Crippen molar-refractivity contribution in [2.24, 2.45) is 0 Å². The molecule has 0 amide bonds. The fourth-order valence-electron chi connectivity index (χ4n) is 4.06. The highest BCUT2D eigenvalue weighted by Gasteiger charge is 2.08. The van der Waals surface area contributed by atoms with E-state index in [4.69, 9.17) is 0 Å². The molecule has 0 atom stereocenters. The Kier molecular flexibility index (Phi) is 9.13. The summed E-state index contributed by atoms with van der Waals surface area (Å²) in [5.41, 5.74) is 7.41. The molecule has 4 aromatic rings. The Morgan fingerprint density at radius 1 is 0.629 bits per heavy atom. The van der Waals surface area contributed by atoms with Gasteiger partial charge >= 0.3 is 0 Å². The second kappa shape index (κ2) is 12.3. The van der Waals surface area contributed by atoms with Gasteiger partial charge in [0, 0.05) is 50.3 Å². The number of rotatable bonds is 7. The zero-order chi connectivity index (χ0) is 23.9. The molecule has 0 saturated carbocycles. The normalized spacial score (nSPS) is 10.3. The Hall–Kier alpha value is -3.53. The van der Waals surface area contributed by atoms with Gasteiger partial charge in [-0.3, -0.25) is 0 Å². The van der Waals surface area contributed by atoms with Crippen LogP contribution in [0.4, 0.5) is 11.4 Å². The minimum absolute atomic E-state index is 0. The fourth-order valence-corrected chi connectivity index (χ4v) is 4.06. The molecule has 4 aromatic carbocycles. The van der Waals surface area contributed by atoms with Gasteiger partial charge in [-0.1, -0.05) is 66.7 Å². The Morgan fingerprint density at radius 3 is 1.57 bits per heavy atom. The molecule has 0 radical (unpaired) electrons. The summed E-state index contributed by atoms with van der Waals surface area (Å²) in [6, 6.07) is 37.1. The Morgan fingerprint density at radius 2 is 1.11 bits per heavy atom. The van der Waals surface area contributed by atoms with E-state index in [0.29, 0.717) is 0 Å². The second-order valence-electron chi connectivity index (χ2n) is 8.97. The highest BCUT2D eigenvalue weighted by molar-refractivity contribution is 5.80. The van der Waals surface area contributed by atoms with Crippen molar-refractivity contribution in [2.45, 2.75) is 6.54 Å². The fraction of sp³-hybridized carbons (Fsp3) is 0.161. The van der Waals surface area contributed by atoms with Crippen molar-refractivity contribution < 1.29 is 17.7 Å². The summed E-state index contributed by atoms with van der Waals surface area (Å²) in [6.45, 7) is 0.941. The maximum atomic E-state index is 2.23. The van der Waals surface area contributed by atoms with Crippen molar-refractivity contribution in [1.82, 2.24) is 0 Å². The van der Waals surface area contributed by atoms with Gasteiger partial charge in [0.15, 0.2) is 0 Å². The van der Waals surface area contributed by atoms with Gasteiger partial charge in [-0.2, -0.15) is 0 Å². The molecule has 180 valence electrons. The number of hydrogen-bond donors (Lipinski definition) is 1. The van der Waals surface area contributed by atoms with E-state index in [0.717, 1.165) is 6.54 Å². The van der Waals surface area contributed by atoms with Gasteiger partial charge < -0.3 is 27.5 Å². The van der Waals surface area contributed by atoms with E-state index in [-0.39, 0.29) is 12.4 Å². The van der Waals surface area contributed by atoms with Crippen molar-refractivity contribution >= 4 is 23.1 Å². The standard InChI is InChI=1S/C31H33N3.ClH/c1-33(2)29-18-14-27(15-19-29)31(28-16-20-30(21-17-28)34(3)4)26-12-10-25(11-13-26)23-32-22-24-8-6-5-7-9-24;/h5-21,23,32H,22H2,1-4H3;1H. The van der Waals surface area contributed by atoms with E-state index in [9.17, 15) is 0 Å². The second-order valence-corrected chi connectivity index (χ2v) is 8.97. The smallest absolute Gasteiger partial charge is 0.105 e. The number of benzene rings is 4. The largest absolute Gasteiger partial charge is 1.00 e. The molecule has 0 aliphatic rings. The summed E-state index contributed by atoms with van der Waals surface area (Å²) in [7, 11) is 8.29. The van der Waals surface area contributed by atoms with E-state index in [2.05, 4.69) is 153 Å². The van der Waals surface area contributed by atoms with E-state index < -0.39 is 0 Å². The van der Waals surface area contributed by atoms with E-state index in [1.165, 1.54) is 44.1 Å². The molecule has 0 bridgehead atoms. The number of halogens is 1. The lowest BCUT2D eigenvalue weighted by atomic mass is 9.95. The molecule has 0 saturated heterocycles. The Bertz CT molecular complexity index is 1250. The molecular weight excluding hydrogens is 450 g/mol. The number of anilines is 2. The quantitative estimate of drug-likeness (QED) is 0.415. The van der Waals surface area contributed by atoms with Crippen LogP contribution >= 0.6 is 0 Å². The monoisotopic (exact) mass is 483 g/mol. The van der Waals surface area contributed by atoms with Gasteiger partial charge in [0.2, 0.25) is 0 Å². The van der Waals surface area contributed by atoms with Crippen molar-refractivity contribution in [2.75, 3.05) is 38.0 Å². The Balaban J connectivity index is 0.00000342. The average Bonchev–Trinajstić information content (AvgIpc) is 2.86. The lowest BCUT2D eigenvalue weighted by Crippen LogP contribution is -3.00. The SMILES string of the molecule is CN(C)c1ccc(C(c2ccc(N(C)C)cc2)=c2ccc(=C[NH2+]Cc3ccccc3)cc2)cc1.[Cl-]. The van der Waals surface area contributed by atoms with Gasteiger partial charge in [0.25, 0.3) is 0 Å². The number of hydrogen-bond acceptors (Lipinski definition) is 2. The van der Waals surface area contributed by atoms with Crippen LogP contribution in [0, 0.1) is 0 Å². The molecule has 2 N–H and O–H groups in total. The first-order chi connectivity index (χ1) is 16.5. The van der Waals surface area contributed by atoms with E-state index in [1.54, 1.807) is 0 Å². The minimum atomic E-state index is 0. The molecule has 0 unspecified atom stereocenters. The van der Waals surface area contributed by atoms with Crippen molar-refractivity contribution in [3.05, 3.63) is 130 Å². The van der Waals surface area contributed by atoms with Crippen LogP contribution in [-0.4, -0.2) is 28.2 Å². The maximum Gasteiger partial charge on any atom is 0.105 e. The third kappa shape index (κ3) is 6.75. The van der Waals surface area contributed by atoms with Gasteiger partial charge in [0.1, 0.15) is 12.7 Å². The van der Waals surface area contributed by atoms with E-state index >= 15 is 0 Å². The van der Waals surface area contributed by atoms with Crippen molar-refractivity contribution in [3.8, 4) is 0 Å². The van der Waals surface area contributed by atoms with Crippen LogP contribution in [0.25, 0.3) is 11.8 Å². The molecule has 0 fully saturated rings. The van der Waals surface area contributed by atoms with Crippen molar-refractivity contribution in [1.29, 1.82) is 0 Å². The predicted octanol–water partition coefficient (Wildman–Crippen LogP) is 0.572. The number of quaternary nitrogens is 1. The Labute approximate surface area is 215 Å². The molecule has 0 aromatic heterocycles. The number of nitrogens with two attached hydrogens (primary N) is 1. The first-order valence-electron chi connectivity index (χ1n) is 11.7. The van der Waals surface area contributed by atoms with Crippen LogP contribution < -0.4 is 38.0 Å². The lowest BCUT2D eigenvalue weighted by molar-refractivity contribution is -0.570. The summed E-state index contributed by atoms with van der Waals surface area (Å²) in [5, 5.41) is 4.66. The lowest BCUT2D eigenvalue weighted by Gasteiger charge is -2.16. The van der Waals surface area contributed by atoms with Gasteiger partial charge in [-0.15, -0.1) is 0 Å². The van der Waals surface area contributed by atoms with Crippen LogP contribution in [0.5, 0.6) is 0 Å². The van der Waals surface area contributed by atoms with Crippen LogP contribution in [0.1, 0.15) is 16.7 Å². The van der Waals surface area contributed by atoms with E-state index in [1.807, 2.05) is 0 Å². The molecule has 3 nitrogen and oxygen atoms in total. The van der Waals surface area contributed by atoms with Gasteiger partial charge in [-0.05, 0) is 58.3 Å². The third-order valence-electron chi connectivity index (χ3n) is 6.05. The maximum absolute atomic E-state index is 2.23. The zero-order valence-electron chi connectivity index (χ0n) is 20.9. The van der Waals surface area contributed by atoms with Gasteiger partial charge in [0.05, 0.1) is 0 Å². The van der Waals surface area contributed by atoms with Crippen molar-refractivity contribution in [3.63, 3.8) is 0 Å². The molecule has 4 rings (SSSR count). The average molecular weight is 484 g/mol. The molecule has 4 heteroatoms. The molecule has 0 heterocycles. The molecule has 35 heavy (non-hydrogen) atoms. The predicted molar refractivity (Wildman–Crippen MR) is 145 cm³/mol. The van der Waals surface area contributed by atoms with Gasteiger partial charge in [-0.25, -0.2) is 0 Å². The third-order valence-corrected chi connectivity index (χ3v) is 6.05. The van der Waals surface area contributed by atoms with Crippen LogP contribution in [0.3, 0.4) is 0 Å². The van der Waals surface area contributed by atoms with Crippen LogP contribution in [0.2, 0.25) is 0 Å². The highest BCUT2D eigenvalue weighted by Crippen LogP contribution is 2.25. The first-order valence-corrected chi connectivity index (χ1v) is 11.7. The number of nitrogens with zero attached hydrogens (tertiary/aromatic N) is 2. The summed E-state index contributed by atoms with van der Waals surface area (Å²) in [4.78, 5) is 4.26. The molecular formula is C31H34ClN3. The molecule has 0 spiro atoms. The first kappa shape index (κ1) is 26.1. The topological polar surface area (TPSA) is 23.1 Å².